The predicted molar refractivity (Wildman–Crippen MR) is 148 cm³/mol. The Bertz CT molecular complexity index is 1690. The first-order valence-electron chi connectivity index (χ1n) is 12.6. The van der Waals surface area contributed by atoms with Crippen LogP contribution >= 0.6 is 15.6 Å². The summed E-state index contributed by atoms with van der Waals surface area (Å²) in [5, 5.41) is 0. The van der Waals surface area contributed by atoms with Crippen molar-refractivity contribution in [2.75, 3.05) is 18.9 Å². The lowest BCUT2D eigenvalue weighted by Crippen LogP contribution is -2.43. The number of hydrogen-bond donors (Lipinski definition) is 4. The number of aryl methyl sites for hydroxylation is 2. The molecule has 41 heavy (non-hydrogen) atoms. The van der Waals surface area contributed by atoms with Crippen LogP contribution in [0.3, 0.4) is 0 Å². The normalized spacial score (nSPS) is 21.5. The van der Waals surface area contributed by atoms with Gasteiger partial charge in [-0.2, -0.15) is 4.98 Å². The number of anilines is 1. The molecular weight excluding hydrogens is 576 g/mol. The third kappa shape index (κ3) is 6.87. The quantitative estimate of drug-likeness (QED) is 0.180. The molecule has 0 amide bonds. The van der Waals surface area contributed by atoms with E-state index in [1.165, 1.54) is 6.33 Å². The summed E-state index contributed by atoms with van der Waals surface area (Å²) >= 11 is 0. The first-order chi connectivity index (χ1) is 19.4. The molecule has 16 heteroatoms. The van der Waals surface area contributed by atoms with Gasteiger partial charge in [0.15, 0.2) is 11.2 Å². The van der Waals surface area contributed by atoms with Gasteiger partial charge in [-0.3, -0.25) is 28.6 Å². The molecule has 0 aliphatic heterocycles. The maximum absolute atomic E-state index is 12.7. The van der Waals surface area contributed by atoms with Gasteiger partial charge in [0.25, 0.3) is 5.56 Å². The number of nitrogen functional groups attached to an aromatic ring is 1. The highest BCUT2D eigenvalue weighted by Crippen LogP contribution is 2.52. The molecule has 218 valence electrons. The van der Waals surface area contributed by atoms with E-state index in [2.05, 4.69) is 15.0 Å². The maximum atomic E-state index is 12.7. The molecule has 0 radical (unpaired) electrons. The van der Waals surface area contributed by atoms with Gasteiger partial charge >= 0.3 is 15.6 Å². The predicted octanol–water partition coefficient (Wildman–Crippen LogP) is 3.89. The number of fused-ring (bicyclic) bond motifs is 1. The molecule has 2 heterocycles. The molecule has 1 aliphatic rings. The lowest BCUT2D eigenvalue weighted by Gasteiger charge is -2.45. The van der Waals surface area contributed by atoms with E-state index in [-0.39, 0.29) is 41.8 Å². The summed E-state index contributed by atoms with van der Waals surface area (Å²) in [6.07, 6.45) is 1.80. The van der Waals surface area contributed by atoms with Gasteiger partial charge in [0.05, 0.1) is 19.5 Å². The number of phosphoric ester groups is 2. The molecule has 1 fully saturated rings. The van der Waals surface area contributed by atoms with Gasteiger partial charge < -0.3 is 19.3 Å². The van der Waals surface area contributed by atoms with E-state index in [0.717, 1.165) is 11.1 Å². The van der Waals surface area contributed by atoms with E-state index < -0.39 is 39.1 Å². The number of nitrogens with zero attached hydrogens (tertiary/aromatic N) is 3. The van der Waals surface area contributed by atoms with E-state index >= 15 is 0 Å². The van der Waals surface area contributed by atoms with Gasteiger partial charge in [0.1, 0.15) is 11.5 Å². The van der Waals surface area contributed by atoms with Crippen molar-refractivity contribution >= 4 is 32.8 Å². The first-order valence-corrected chi connectivity index (χ1v) is 15.6. The zero-order chi connectivity index (χ0) is 29.4. The summed E-state index contributed by atoms with van der Waals surface area (Å²) in [5.74, 6) is -0.715. The highest BCUT2D eigenvalue weighted by molar-refractivity contribution is 7.48. The number of rotatable bonds is 11. The zero-order valence-electron chi connectivity index (χ0n) is 22.1. The molecule has 0 bridgehead atoms. The lowest BCUT2D eigenvalue weighted by atomic mass is 9.70. The summed E-state index contributed by atoms with van der Waals surface area (Å²) in [6.45, 7) is 3.23. The molecule has 5 rings (SSSR count). The van der Waals surface area contributed by atoms with Crippen LogP contribution in [0.5, 0.6) is 11.5 Å². The summed E-state index contributed by atoms with van der Waals surface area (Å²) < 4.78 is 48.0. The molecule has 1 aliphatic carbocycles. The number of nitrogens with one attached hydrogen (secondary N) is 1. The minimum Gasteiger partial charge on any atom is -0.404 e. The highest BCUT2D eigenvalue weighted by Gasteiger charge is 2.46. The van der Waals surface area contributed by atoms with Gasteiger partial charge in [0, 0.05) is 12.0 Å². The Kier molecular flexibility index (Phi) is 8.06. The molecule has 2 aromatic heterocycles. The number of phosphoric acid groups is 2. The molecule has 0 spiro atoms. The number of benzene rings is 2. The van der Waals surface area contributed by atoms with Crippen LogP contribution in [0.15, 0.2) is 59.7 Å². The van der Waals surface area contributed by atoms with Crippen LogP contribution < -0.4 is 20.3 Å². The van der Waals surface area contributed by atoms with Crippen molar-refractivity contribution in [1.29, 1.82) is 0 Å². The van der Waals surface area contributed by atoms with Crippen LogP contribution in [0.2, 0.25) is 0 Å². The summed E-state index contributed by atoms with van der Waals surface area (Å²) in [5.41, 5.74) is 7.40. The lowest BCUT2D eigenvalue weighted by molar-refractivity contribution is -0.00444. The minimum absolute atomic E-state index is 0.0699. The molecule has 5 N–H and O–H groups in total. The number of imidazole rings is 1. The number of H-pyrrole nitrogens is 1. The SMILES string of the molecule is Cc1ccc(OP(=O)(O)OCC2CC(n3cnc4c(=O)[nH]c(N)nc43)C2COP(=O)(O)Oc2ccc(C)cc2)cc1. The van der Waals surface area contributed by atoms with Crippen molar-refractivity contribution in [2.24, 2.45) is 11.8 Å². The Labute approximate surface area is 234 Å². The number of nitrogens with two attached hydrogens (primary N) is 1. The fraction of sp³-hybridized carbons (Fsp3) is 0.320. The van der Waals surface area contributed by atoms with Crippen molar-refractivity contribution in [1.82, 2.24) is 19.5 Å². The summed E-state index contributed by atoms with van der Waals surface area (Å²) in [4.78, 5) is 43.6. The van der Waals surface area contributed by atoms with Gasteiger partial charge in [-0.25, -0.2) is 14.1 Å². The fourth-order valence-electron chi connectivity index (χ4n) is 4.61. The minimum atomic E-state index is -4.54. The second kappa shape index (κ2) is 11.4. The van der Waals surface area contributed by atoms with Crippen LogP contribution in [-0.2, 0) is 18.2 Å². The van der Waals surface area contributed by atoms with Crippen LogP contribution in [0.1, 0.15) is 23.6 Å². The third-order valence-corrected chi connectivity index (χ3v) is 8.65. The van der Waals surface area contributed by atoms with Crippen molar-refractivity contribution in [2.45, 2.75) is 26.3 Å². The van der Waals surface area contributed by atoms with Crippen molar-refractivity contribution in [3.8, 4) is 11.5 Å². The molecule has 5 atom stereocenters. The molecule has 0 saturated heterocycles. The summed E-state index contributed by atoms with van der Waals surface area (Å²) in [6, 6.07) is 12.7. The molecule has 4 aromatic rings. The maximum Gasteiger partial charge on any atom is 0.527 e. The molecule has 14 nitrogen and oxygen atoms in total. The number of aromatic nitrogens is 4. The Morgan fingerprint density at radius 1 is 0.951 bits per heavy atom. The second-order valence-electron chi connectivity index (χ2n) is 9.84. The van der Waals surface area contributed by atoms with E-state index in [0.29, 0.717) is 6.42 Å². The van der Waals surface area contributed by atoms with E-state index in [1.807, 2.05) is 13.8 Å². The van der Waals surface area contributed by atoms with Gasteiger partial charge in [-0.05, 0) is 50.5 Å². The average molecular weight is 605 g/mol. The highest BCUT2D eigenvalue weighted by atomic mass is 31.2. The zero-order valence-corrected chi connectivity index (χ0v) is 23.9. The molecule has 1 saturated carbocycles. The summed E-state index contributed by atoms with van der Waals surface area (Å²) in [7, 11) is -9.03. The van der Waals surface area contributed by atoms with Crippen molar-refractivity contribution in [3.05, 3.63) is 76.3 Å². The number of aromatic amines is 1. The Hall–Kier alpha value is -3.51. The average Bonchev–Trinajstić information content (AvgIpc) is 3.29. The van der Waals surface area contributed by atoms with Gasteiger partial charge in [0.2, 0.25) is 5.95 Å². The monoisotopic (exact) mass is 605 g/mol. The Morgan fingerprint density at radius 3 is 2.05 bits per heavy atom. The number of hydrogen-bond acceptors (Lipinski definition) is 10. The van der Waals surface area contributed by atoms with Crippen LogP contribution in [0, 0.1) is 25.7 Å². The van der Waals surface area contributed by atoms with Gasteiger partial charge in [-0.1, -0.05) is 35.4 Å². The topological polar surface area (TPSA) is 201 Å². The smallest absolute Gasteiger partial charge is 0.404 e. The fourth-order valence-corrected chi connectivity index (χ4v) is 6.23. The van der Waals surface area contributed by atoms with Crippen LogP contribution in [0.4, 0.5) is 5.95 Å². The second-order valence-corrected chi connectivity index (χ2v) is 12.6. The van der Waals surface area contributed by atoms with E-state index in [1.54, 1.807) is 53.1 Å². The largest absolute Gasteiger partial charge is 0.527 e. The Morgan fingerprint density at radius 2 is 1.49 bits per heavy atom. The van der Waals surface area contributed by atoms with Crippen molar-refractivity contribution in [3.63, 3.8) is 0 Å². The van der Waals surface area contributed by atoms with Crippen LogP contribution in [-0.4, -0.2) is 42.5 Å². The standard InChI is InChI=1S/C25H29N5O9P2/c1-15-3-7-18(8-4-15)38-40(32,33)36-12-17-11-21(30-14-27-22-23(30)28-25(26)29-24(22)31)20(17)13-37-41(34,35)39-19-9-5-16(2)6-10-19/h3-10,14,17,20-21H,11-13H2,1-2H3,(H,32,33)(H,34,35)(H3,26,28,29,31). The van der Waals surface area contributed by atoms with E-state index in [4.69, 9.17) is 23.8 Å². The molecule has 2 aromatic carbocycles. The van der Waals surface area contributed by atoms with E-state index in [9.17, 15) is 23.7 Å². The third-order valence-electron chi connectivity index (χ3n) is 6.82. The Balaban J connectivity index is 1.32. The molecule has 5 unspecified atom stereocenters. The molecular formula is C25H29N5O9P2. The van der Waals surface area contributed by atoms with Crippen molar-refractivity contribution < 1.29 is 37.0 Å². The van der Waals surface area contributed by atoms with Gasteiger partial charge in [-0.15, -0.1) is 0 Å². The first kappa shape index (κ1) is 29.0. The van der Waals surface area contributed by atoms with Crippen LogP contribution in [0.25, 0.3) is 11.2 Å².